The summed E-state index contributed by atoms with van der Waals surface area (Å²) in [5, 5.41) is 3.06. The van der Waals surface area contributed by atoms with E-state index >= 15 is 0 Å². The molecular formula is C26H34N4O2. The van der Waals surface area contributed by atoms with Crippen molar-refractivity contribution in [3.8, 4) is 0 Å². The van der Waals surface area contributed by atoms with Gasteiger partial charge in [-0.15, -0.1) is 0 Å². The molecule has 1 fully saturated rings. The molecule has 1 aromatic carbocycles. The van der Waals surface area contributed by atoms with E-state index < -0.39 is 0 Å². The molecule has 170 valence electrons. The molecule has 0 saturated carbocycles. The number of benzene rings is 1. The molecule has 6 nitrogen and oxygen atoms in total. The maximum atomic E-state index is 12.7. The van der Waals surface area contributed by atoms with Crippen molar-refractivity contribution in [1.29, 1.82) is 0 Å². The van der Waals surface area contributed by atoms with E-state index in [4.69, 9.17) is 4.98 Å². The summed E-state index contributed by atoms with van der Waals surface area (Å²) in [7, 11) is 0. The SMILES string of the molecule is Cc1nc(CCNC(=O)[C@H]2CCC(=O)N(CCCc3ccccc3)C2)nc2c1CCCC2. The van der Waals surface area contributed by atoms with E-state index in [2.05, 4.69) is 29.4 Å². The number of carbonyl (C=O) groups excluding carboxylic acids is 2. The highest BCUT2D eigenvalue weighted by Gasteiger charge is 2.29. The van der Waals surface area contributed by atoms with E-state index in [0.29, 0.717) is 38.9 Å². The molecule has 0 spiro atoms. The lowest BCUT2D eigenvalue weighted by molar-refractivity contribution is -0.138. The second-order valence-electron chi connectivity index (χ2n) is 9.06. The smallest absolute Gasteiger partial charge is 0.224 e. The van der Waals surface area contributed by atoms with Crippen LogP contribution < -0.4 is 5.32 Å². The Morgan fingerprint density at radius 2 is 1.91 bits per heavy atom. The fourth-order valence-electron chi connectivity index (χ4n) is 4.86. The molecule has 1 aliphatic carbocycles. The summed E-state index contributed by atoms with van der Waals surface area (Å²) < 4.78 is 0. The minimum Gasteiger partial charge on any atom is -0.355 e. The van der Waals surface area contributed by atoms with Crippen LogP contribution in [0.1, 0.15) is 60.4 Å². The van der Waals surface area contributed by atoms with Crippen LogP contribution in [0.5, 0.6) is 0 Å². The van der Waals surface area contributed by atoms with Gasteiger partial charge < -0.3 is 10.2 Å². The first-order valence-corrected chi connectivity index (χ1v) is 12.0. The predicted octanol–water partition coefficient (Wildman–Crippen LogP) is 3.19. The third-order valence-electron chi connectivity index (χ3n) is 6.69. The summed E-state index contributed by atoms with van der Waals surface area (Å²) >= 11 is 0. The van der Waals surface area contributed by atoms with Gasteiger partial charge in [-0.1, -0.05) is 30.3 Å². The van der Waals surface area contributed by atoms with E-state index in [1.54, 1.807) is 0 Å². The molecule has 2 heterocycles. The summed E-state index contributed by atoms with van der Waals surface area (Å²) in [5.74, 6) is 0.903. The number of likely N-dealkylation sites (tertiary alicyclic amines) is 1. The molecule has 1 N–H and O–H groups in total. The van der Waals surface area contributed by atoms with E-state index in [-0.39, 0.29) is 17.7 Å². The zero-order chi connectivity index (χ0) is 22.3. The first-order valence-electron chi connectivity index (χ1n) is 12.0. The molecule has 0 bridgehead atoms. The van der Waals surface area contributed by atoms with Gasteiger partial charge in [0.15, 0.2) is 0 Å². The standard InChI is InChI=1S/C26H34N4O2/c1-19-22-11-5-6-12-23(22)29-24(28-19)15-16-27-26(32)21-13-14-25(31)30(18-21)17-7-10-20-8-3-2-4-9-20/h2-4,8-9,21H,5-7,10-18H2,1H3,(H,27,32)/t21-/m0/s1. The van der Waals surface area contributed by atoms with Crippen LogP contribution in [-0.2, 0) is 35.3 Å². The Morgan fingerprint density at radius 1 is 1.09 bits per heavy atom. The van der Waals surface area contributed by atoms with Crippen molar-refractivity contribution in [2.24, 2.45) is 5.92 Å². The summed E-state index contributed by atoms with van der Waals surface area (Å²) in [6.45, 7) is 3.84. The average Bonchev–Trinajstić information content (AvgIpc) is 2.81. The lowest BCUT2D eigenvalue weighted by Gasteiger charge is -2.32. The van der Waals surface area contributed by atoms with Crippen LogP contribution in [0.3, 0.4) is 0 Å². The molecule has 6 heteroatoms. The highest BCUT2D eigenvalue weighted by atomic mass is 16.2. The highest BCUT2D eigenvalue weighted by Crippen LogP contribution is 2.22. The summed E-state index contributed by atoms with van der Waals surface area (Å²) in [5.41, 5.74) is 4.89. The van der Waals surface area contributed by atoms with Crippen LogP contribution in [0.4, 0.5) is 0 Å². The predicted molar refractivity (Wildman–Crippen MR) is 124 cm³/mol. The molecule has 1 atom stereocenters. The van der Waals surface area contributed by atoms with Crippen LogP contribution in [0, 0.1) is 12.8 Å². The van der Waals surface area contributed by atoms with Crippen molar-refractivity contribution in [2.45, 2.75) is 64.7 Å². The van der Waals surface area contributed by atoms with Gasteiger partial charge in [-0.2, -0.15) is 0 Å². The number of nitrogens with zero attached hydrogens (tertiary/aromatic N) is 3. The Kier molecular flexibility index (Phi) is 7.51. The number of carbonyl (C=O) groups is 2. The van der Waals surface area contributed by atoms with Crippen molar-refractivity contribution in [2.75, 3.05) is 19.6 Å². The van der Waals surface area contributed by atoms with Gasteiger partial charge in [0, 0.05) is 43.9 Å². The lowest BCUT2D eigenvalue weighted by Crippen LogP contribution is -2.46. The van der Waals surface area contributed by atoms with Crippen molar-refractivity contribution < 1.29 is 9.59 Å². The fourth-order valence-corrected chi connectivity index (χ4v) is 4.86. The van der Waals surface area contributed by atoms with Crippen LogP contribution in [0.2, 0.25) is 0 Å². The molecule has 4 rings (SSSR count). The van der Waals surface area contributed by atoms with Gasteiger partial charge in [-0.25, -0.2) is 9.97 Å². The number of aromatic nitrogens is 2. The molecule has 32 heavy (non-hydrogen) atoms. The number of hydrogen-bond acceptors (Lipinski definition) is 4. The zero-order valence-electron chi connectivity index (χ0n) is 19.1. The quantitative estimate of drug-likeness (QED) is 0.692. The average molecular weight is 435 g/mol. The minimum atomic E-state index is -0.129. The number of fused-ring (bicyclic) bond motifs is 1. The fraction of sp³-hybridized carbons (Fsp3) is 0.538. The number of nitrogens with one attached hydrogen (secondary N) is 1. The van der Waals surface area contributed by atoms with E-state index in [1.165, 1.54) is 29.7 Å². The maximum absolute atomic E-state index is 12.7. The Balaban J connectivity index is 1.23. The molecule has 2 amide bonds. The Morgan fingerprint density at radius 3 is 2.75 bits per heavy atom. The summed E-state index contributed by atoms with van der Waals surface area (Å²) in [6.07, 6.45) is 8.13. The second kappa shape index (κ2) is 10.7. The Bertz CT molecular complexity index is 944. The van der Waals surface area contributed by atoms with E-state index in [0.717, 1.165) is 37.2 Å². The van der Waals surface area contributed by atoms with Gasteiger partial charge in [0.2, 0.25) is 11.8 Å². The monoisotopic (exact) mass is 434 g/mol. The first kappa shape index (κ1) is 22.4. The second-order valence-corrected chi connectivity index (χ2v) is 9.06. The van der Waals surface area contributed by atoms with Gasteiger partial charge >= 0.3 is 0 Å². The Hall–Kier alpha value is -2.76. The summed E-state index contributed by atoms with van der Waals surface area (Å²) in [6, 6.07) is 10.3. The largest absolute Gasteiger partial charge is 0.355 e. The zero-order valence-corrected chi connectivity index (χ0v) is 19.1. The summed E-state index contributed by atoms with van der Waals surface area (Å²) in [4.78, 5) is 36.4. The molecule has 1 aromatic heterocycles. The third-order valence-corrected chi connectivity index (χ3v) is 6.69. The number of rotatable bonds is 8. The number of amides is 2. The molecule has 0 radical (unpaired) electrons. The van der Waals surface area contributed by atoms with Gasteiger partial charge in [0.1, 0.15) is 5.82 Å². The third kappa shape index (κ3) is 5.72. The minimum absolute atomic E-state index is 0.0419. The van der Waals surface area contributed by atoms with Crippen LogP contribution in [-0.4, -0.2) is 46.3 Å². The van der Waals surface area contributed by atoms with Crippen molar-refractivity contribution in [3.05, 3.63) is 58.7 Å². The van der Waals surface area contributed by atoms with Gasteiger partial charge in [0.25, 0.3) is 0 Å². The van der Waals surface area contributed by atoms with Crippen LogP contribution in [0.15, 0.2) is 30.3 Å². The topological polar surface area (TPSA) is 75.2 Å². The van der Waals surface area contributed by atoms with E-state index in [1.807, 2.05) is 23.1 Å². The highest BCUT2D eigenvalue weighted by molar-refractivity contribution is 5.83. The molecule has 1 aliphatic heterocycles. The number of aryl methyl sites for hydroxylation is 3. The van der Waals surface area contributed by atoms with Gasteiger partial charge in [0.05, 0.1) is 5.92 Å². The maximum Gasteiger partial charge on any atom is 0.224 e. The number of hydrogen-bond donors (Lipinski definition) is 1. The number of piperidine rings is 1. The van der Waals surface area contributed by atoms with Gasteiger partial charge in [-0.05, 0) is 63.0 Å². The molecule has 0 unspecified atom stereocenters. The molecule has 1 saturated heterocycles. The van der Waals surface area contributed by atoms with Crippen molar-refractivity contribution >= 4 is 11.8 Å². The van der Waals surface area contributed by atoms with Crippen molar-refractivity contribution in [3.63, 3.8) is 0 Å². The van der Waals surface area contributed by atoms with Gasteiger partial charge in [-0.3, -0.25) is 9.59 Å². The first-order chi connectivity index (χ1) is 15.6. The molecular weight excluding hydrogens is 400 g/mol. The molecule has 2 aliphatic rings. The normalized spacial score (nSPS) is 18.3. The van der Waals surface area contributed by atoms with Crippen LogP contribution in [0.25, 0.3) is 0 Å². The Labute approximate surface area is 190 Å². The van der Waals surface area contributed by atoms with Crippen LogP contribution >= 0.6 is 0 Å². The van der Waals surface area contributed by atoms with E-state index in [9.17, 15) is 9.59 Å². The van der Waals surface area contributed by atoms with Crippen molar-refractivity contribution in [1.82, 2.24) is 20.2 Å². The lowest BCUT2D eigenvalue weighted by atomic mass is 9.95. The molecule has 2 aromatic rings.